The van der Waals surface area contributed by atoms with E-state index in [0.717, 1.165) is 20.9 Å². The molecule has 4 aromatic rings. The molecule has 2 heterocycles. The molecule has 0 N–H and O–H groups in total. The number of halogens is 3. The first-order valence-corrected chi connectivity index (χ1v) is 8.79. The van der Waals surface area contributed by atoms with Crippen molar-refractivity contribution in [2.24, 2.45) is 0 Å². The zero-order valence-electron chi connectivity index (χ0n) is 12.3. The Morgan fingerprint density at radius 2 is 1.67 bits per heavy atom. The second-order valence-corrected chi connectivity index (χ2v) is 7.12. The van der Waals surface area contributed by atoms with Gasteiger partial charge in [-0.1, -0.05) is 47.5 Å². The van der Waals surface area contributed by atoms with E-state index in [9.17, 15) is 4.79 Å². The zero-order valence-corrected chi connectivity index (χ0v) is 15.4. The molecular formula is C19H10BrCl2NO. The number of fused-ring (bicyclic) bond motifs is 3. The highest BCUT2D eigenvalue weighted by atomic mass is 79.9. The van der Waals surface area contributed by atoms with Crippen LogP contribution in [-0.2, 0) is 0 Å². The molecule has 24 heavy (non-hydrogen) atoms. The minimum absolute atomic E-state index is 0.106. The van der Waals surface area contributed by atoms with Gasteiger partial charge >= 0.3 is 0 Å². The molecule has 2 aromatic heterocycles. The highest BCUT2D eigenvalue weighted by molar-refractivity contribution is 9.10. The van der Waals surface area contributed by atoms with Gasteiger partial charge in [-0.2, -0.15) is 0 Å². The minimum atomic E-state index is -0.106. The predicted octanol–water partition coefficient (Wildman–Crippen LogP) is 6.39. The predicted molar refractivity (Wildman–Crippen MR) is 102 cm³/mol. The quantitative estimate of drug-likeness (QED) is 0.345. The molecule has 0 saturated heterocycles. The first-order chi connectivity index (χ1) is 11.6. The average molecular weight is 419 g/mol. The first-order valence-electron chi connectivity index (χ1n) is 7.25. The SMILES string of the molecule is O=C(c1ccc(Cl)c(Cl)c1)c1cc(Br)c2ccc3ccccc3n12. The second kappa shape index (κ2) is 5.92. The maximum Gasteiger partial charge on any atom is 0.209 e. The maximum absolute atomic E-state index is 13.0. The van der Waals surface area contributed by atoms with Gasteiger partial charge in [0.05, 0.1) is 26.8 Å². The van der Waals surface area contributed by atoms with Crippen LogP contribution in [0.3, 0.4) is 0 Å². The summed E-state index contributed by atoms with van der Waals surface area (Å²) in [5, 5.41) is 1.86. The van der Waals surface area contributed by atoms with E-state index < -0.39 is 0 Å². The molecule has 0 aliphatic rings. The van der Waals surface area contributed by atoms with Crippen LogP contribution in [0, 0.1) is 0 Å². The summed E-state index contributed by atoms with van der Waals surface area (Å²) in [5.74, 6) is -0.106. The number of carbonyl (C=O) groups is 1. The Kier molecular flexibility index (Phi) is 3.87. The van der Waals surface area contributed by atoms with E-state index >= 15 is 0 Å². The van der Waals surface area contributed by atoms with Gasteiger partial charge in [-0.15, -0.1) is 0 Å². The lowest BCUT2D eigenvalue weighted by molar-refractivity contribution is 0.103. The standard InChI is InChI=1S/C19H10BrCl2NO/c20-13-10-18(19(24)12-5-7-14(21)15(22)9-12)23-16-4-2-1-3-11(16)6-8-17(13)23/h1-10H. The maximum atomic E-state index is 13.0. The Morgan fingerprint density at radius 1 is 0.875 bits per heavy atom. The van der Waals surface area contributed by atoms with E-state index in [-0.39, 0.29) is 5.78 Å². The van der Waals surface area contributed by atoms with Crippen LogP contribution in [-0.4, -0.2) is 10.2 Å². The number of hydrogen-bond acceptors (Lipinski definition) is 1. The van der Waals surface area contributed by atoms with E-state index in [2.05, 4.69) is 15.9 Å². The number of benzene rings is 2. The normalized spacial score (nSPS) is 11.3. The van der Waals surface area contributed by atoms with Crippen LogP contribution in [0.1, 0.15) is 16.1 Å². The van der Waals surface area contributed by atoms with Crippen molar-refractivity contribution in [2.75, 3.05) is 0 Å². The lowest BCUT2D eigenvalue weighted by atomic mass is 10.1. The summed E-state index contributed by atoms with van der Waals surface area (Å²) < 4.78 is 2.83. The van der Waals surface area contributed by atoms with Crippen LogP contribution in [0.15, 0.2) is 65.1 Å². The van der Waals surface area contributed by atoms with E-state index in [1.807, 2.05) is 46.9 Å². The Bertz CT molecular complexity index is 1120. The largest absolute Gasteiger partial charge is 0.305 e. The summed E-state index contributed by atoms with van der Waals surface area (Å²) in [7, 11) is 0. The second-order valence-electron chi connectivity index (χ2n) is 5.45. The molecular weight excluding hydrogens is 409 g/mol. The highest BCUT2D eigenvalue weighted by Gasteiger charge is 2.18. The molecule has 0 aliphatic heterocycles. The van der Waals surface area contributed by atoms with Crippen LogP contribution in [0.25, 0.3) is 16.4 Å². The fourth-order valence-corrected chi connectivity index (χ4v) is 3.69. The van der Waals surface area contributed by atoms with Gasteiger partial charge in [0, 0.05) is 10.0 Å². The van der Waals surface area contributed by atoms with Crippen LogP contribution in [0.5, 0.6) is 0 Å². The van der Waals surface area contributed by atoms with E-state index in [1.165, 1.54) is 0 Å². The van der Waals surface area contributed by atoms with Gasteiger partial charge in [-0.25, -0.2) is 0 Å². The van der Waals surface area contributed by atoms with Gasteiger partial charge in [0.15, 0.2) is 0 Å². The Hall–Kier alpha value is -1.81. The van der Waals surface area contributed by atoms with Crippen molar-refractivity contribution in [3.8, 4) is 0 Å². The number of ketones is 1. The summed E-state index contributed by atoms with van der Waals surface area (Å²) in [4.78, 5) is 13.0. The third kappa shape index (κ3) is 2.44. The number of hydrogen-bond donors (Lipinski definition) is 0. The van der Waals surface area contributed by atoms with Crippen LogP contribution in [0.2, 0.25) is 10.0 Å². The van der Waals surface area contributed by atoms with Gasteiger partial charge < -0.3 is 4.40 Å². The van der Waals surface area contributed by atoms with Gasteiger partial charge in [0.25, 0.3) is 0 Å². The van der Waals surface area contributed by atoms with Crippen molar-refractivity contribution in [3.05, 3.63) is 86.4 Å². The molecule has 0 aliphatic carbocycles. The number of nitrogens with zero attached hydrogens (tertiary/aromatic N) is 1. The summed E-state index contributed by atoms with van der Waals surface area (Å²) in [5.41, 5.74) is 3.00. The number of pyridine rings is 1. The van der Waals surface area contributed by atoms with Crippen LogP contribution < -0.4 is 0 Å². The zero-order chi connectivity index (χ0) is 16.8. The molecule has 118 valence electrons. The molecule has 0 atom stereocenters. The topological polar surface area (TPSA) is 21.5 Å². The third-order valence-corrected chi connectivity index (χ3v) is 5.38. The fourth-order valence-electron chi connectivity index (χ4n) is 2.86. The molecule has 0 spiro atoms. The molecule has 0 fully saturated rings. The fraction of sp³-hybridized carbons (Fsp3) is 0. The summed E-state index contributed by atoms with van der Waals surface area (Å²) in [6.45, 7) is 0. The number of para-hydroxylation sites is 1. The Labute approximate surface area is 156 Å². The average Bonchev–Trinajstić information content (AvgIpc) is 2.94. The molecule has 2 nitrogen and oxygen atoms in total. The van der Waals surface area contributed by atoms with E-state index in [0.29, 0.717) is 21.3 Å². The number of carbonyl (C=O) groups excluding carboxylic acids is 1. The molecule has 0 amide bonds. The molecule has 4 rings (SSSR count). The lowest BCUT2D eigenvalue weighted by Gasteiger charge is -2.08. The Morgan fingerprint density at radius 3 is 2.46 bits per heavy atom. The van der Waals surface area contributed by atoms with Crippen molar-refractivity contribution in [2.45, 2.75) is 0 Å². The van der Waals surface area contributed by atoms with Gasteiger partial charge in [-0.05, 0) is 57.7 Å². The molecule has 0 radical (unpaired) electrons. The molecule has 0 saturated carbocycles. The first kappa shape index (κ1) is 15.7. The van der Waals surface area contributed by atoms with Gasteiger partial charge in [-0.3, -0.25) is 4.79 Å². The monoisotopic (exact) mass is 417 g/mol. The Balaban J connectivity index is 2.00. The van der Waals surface area contributed by atoms with Gasteiger partial charge in [0.1, 0.15) is 0 Å². The molecule has 0 unspecified atom stereocenters. The highest BCUT2D eigenvalue weighted by Crippen LogP contribution is 2.30. The molecule has 0 bridgehead atoms. The summed E-state index contributed by atoms with van der Waals surface area (Å²) in [6, 6.07) is 18.8. The van der Waals surface area contributed by atoms with Crippen LogP contribution >= 0.6 is 39.1 Å². The van der Waals surface area contributed by atoms with Crippen molar-refractivity contribution in [1.29, 1.82) is 0 Å². The number of rotatable bonds is 2. The van der Waals surface area contributed by atoms with Crippen LogP contribution in [0.4, 0.5) is 0 Å². The van der Waals surface area contributed by atoms with Crippen molar-refractivity contribution < 1.29 is 4.79 Å². The lowest BCUT2D eigenvalue weighted by Crippen LogP contribution is -2.06. The van der Waals surface area contributed by atoms with Crippen molar-refractivity contribution >= 4 is 61.3 Å². The molecule has 2 aromatic carbocycles. The van der Waals surface area contributed by atoms with E-state index in [4.69, 9.17) is 23.2 Å². The van der Waals surface area contributed by atoms with Gasteiger partial charge in [0.2, 0.25) is 5.78 Å². The smallest absolute Gasteiger partial charge is 0.209 e. The summed E-state index contributed by atoms with van der Waals surface area (Å²) in [6.07, 6.45) is 0. The summed E-state index contributed by atoms with van der Waals surface area (Å²) >= 11 is 15.6. The van der Waals surface area contributed by atoms with Crippen molar-refractivity contribution in [1.82, 2.24) is 4.40 Å². The third-order valence-electron chi connectivity index (χ3n) is 4.00. The molecule has 5 heteroatoms. The minimum Gasteiger partial charge on any atom is -0.305 e. The number of aromatic nitrogens is 1. The van der Waals surface area contributed by atoms with Crippen molar-refractivity contribution in [3.63, 3.8) is 0 Å². The van der Waals surface area contributed by atoms with E-state index in [1.54, 1.807) is 18.2 Å².